The van der Waals surface area contributed by atoms with Crippen LogP contribution in [0.1, 0.15) is 34.1 Å². The van der Waals surface area contributed by atoms with Crippen LogP contribution in [0.5, 0.6) is 5.75 Å². The zero-order chi connectivity index (χ0) is 17.7. The second kappa shape index (κ2) is 7.97. The summed E-state index contributed by atoms with van der Waals surface area (Å²) in [6.07, 6.45) is 0.0241. The molecule has 0 fully saturated rings. The summed E-state index contributed by atoms with van der Waals surface area (Å²) in [5.41, 5.74) is -0.143. The number of carbonyl (C=O) groups excluding carboxylic acids is 1. The van der Waals surface area contributed by atoms with E-state index in [2.05, 4.69) is 5.32 Å². The van der Waals surface area contributed by atoms with Gasteiger partial charge in [0.2, 0.25) is 0 Å². The third-order valence-electron chi connectivity index (χ3n) is 3.03. The normalized spacial score (nSPS) is 12.0. The number of benzene rings is 1. The summed E-state index contributed by atoms with van der Waals surface area (Å²) in [5, 5.41) is 11.4. The molecule has 0 saturated heterocycles. The van der Waals surface area contributed by atoms with Gasteiger partial charge in [-0.25, -0.2) is 9.18 Å². The number of carboxylic acids is 1. The Morgan fingerprint density at radius 2 is 2.00 bits per heavy atom. The zero-order valence-corrected chi connectivity index (χ0v) is 14.1. The summed E-state index contributed by atoms with van der Waals surface area (Å²) >= 11 is 5.90. The molecule has 0 saturated carbocycles. The average Bonchev–Trinajstić information content (AvgIpc) is 2.44. The van der Waals surface area contributed by atoms with E-state index in [1.165, 1.54) is 13.0 Å². The van der Waals surface area contributed by atoms with Gasteiger partial charge in [0.25, 0.3) is 5.91 Å². The summed E-state index contributed by atoms with van der Waals surface area (Å²) in [6.45, 7) is 6.54. The van der Waals surface area contributed by atoms with E-state index in [1.807, 2.05) is 0 Å². The molecule has 0 unspecified atom stereocenters. The summed E-state index contributed by atoms with van der Waals surface area (Å²) in [7, 11) is 0. The van der Waals surface area contributed by atoms with Gasteiger partial charge in [-0.3, -0.25) is 4.79 Å². The van der Waals surface area contributed by atoms with E-state index in [1.54, 1.807) is 20.8 Å². The number of halogens is 2. The van der Waals surface area contributed by atoms with Crippen molar-refractivity contribution >= 4 is 29.2 Å². The number of hydrogen-bond donors (Lipinski definition) is 2. The summed E-state index contributed by atoms with van der Waals surface area (Å²) in [6, 6.07) is 2.31. The Morgan fingerprint density at radius 3 is 2.48 bits per heavy atom. The van der Waals surface area contributed by atoms with Crippen LogP contribution in [-0.2, 0) is 9.59 Å². The molecule has 0 spiro atoms. The first-order valence-electron chi connectivity index (χ1n) is 7.07. The Bertz CT molecular complexity index is 656. The molecule has 7 heteroatoms. The predicted molar refractivity (Wildman–Crippen MR) is 86.4 cm³/mol. The maximum Gasteiger partial charge on any atom is 0.331 e. The number of hydrogen-bond acceptors (Lipinski definition) is 3. The van der Waals surface area contributed by atoms with Crippen molar-refractivity contribution in [3.05, 3.63) is 34.1 Å². The number of nitrogens with one attached hydrogen (secondary N) is 1. The van der Waals surface area contributed by atoms with Crippen molar-refractivity contribution in [1.29, 1.82) is 0 Å². The first-order valence-corrected chi connectivity index (χ1v) is 7.45. The SMILES string of the molecule is CCC(C(=O)Nc1cc(OC(C)C)c(Cl)cc1F)=C(C)C(=O)O. The van der Waals surface area contributed by atoms with Crippen molar-refractivity contribution in [1.82, 2.24) is 0 Å². The smallest absolute Gasteiger partial charge is 0.331 e. The van der Waals surface area contributed by atoms with Gasteiger partial charge in [-0.1, -0.05) is 18.5 Å². The number of carboxylic acid groups (broad SMARTS) is 1. The minimum Gasteiger partial charge on any atom is -0.489 e. The third-order valence-corrected chi connectivity index (χ3v) is 3.33. The van der Waals surface area contributed by atoms with Crippen molar-refractivity contribution in [2.45, 2.75) is 40.2 Å². The highest BCUT2D eigenvalue weighted by Crippen LogP contribution is 2.31. The highest BCUT2D eigenvalue weighted by atomic mass is 35.5. The van der Waals surface area contributed by atoms with Crippen LogP contribution in [-0.4, -0.2) is 23.1 Å². The van der Waals surface area contributed by atoms with Gasteiger partial charge >= 0.3 is 5.97 Å². The van der Waals surface area contributed by atoms with Gasteiger partial charge in [-0.05, 0) is 33.3 Å². The number of aliphatic carboxylic acids is 1. The fraction of sp³-hybridized carbons (Fsp3) is 0.375. The van der Waals surface area contributed by atoms with Gasteiger partial charge < -0.3 is 15.2 Å². The van der Waals surface area contributed by atoms with Gasteiger partial charge in [0.1, 0.15) is 11.6 Å². The molecule has 0 aromatic heterocycles. The summed E-state index contributed by atoms with van der Waals surface area (Å²) in [4.78, 5) is 23.2. The molecule has 23 heavy (non-hydrogen) atoms. The molecule has 2 N–H and O–H groups in total. The molecule has 1 aromatic carbocycles. The second-order valence-corrected chi connectivity index (χ2v) is 5.55. The number of anilines is 1. The standard InChI is InChI=1S/C16H19ClFNO4/c1-5-10(9(4)16(21)22)15(20)19-13-7-14(23-8(2)3)11(17)6-12(13)18/h6-8H,5H2,1-4H3,(H,19,20)(H,21,22). The first kappa shape index (κ1) is 19.0. The van der Waals surface area contributed by atoms with E-state index < -0.39 is 17.7 Å². The molecular formula is C16H19ClFNO4. The number of carbonyl (C=O) groups is 2. The number of rotatable bonds is 6. The zero-order valence-electron chi connectivity index (χ0n) is 13.4. The van der Waals surface area contributed by atoms with Crippen LogP contribution >= 0.6 is 11.6 Å². The number of amides is 1. The second-order valence-electron chi connectivity index (χ2n) is 5.15. The topological polar surface area (TPSA) is 75.6 Å². The third kappa shape index (κ3) is 4.96. The monoisotopic (exact) mass is 343 g/mol. The van der Waals surface area contributed by atoms with Crippen molar-refractivity contribution < 1.29 is 23.8 Å². The average molecular weight is 344 g/mol. The summed E-state index contributed by atoms with van der Waals surface area (Å²) in [5.74, 6) is -2.38. The molecule has 1 amide bonds. The Morgan fingerprint density at radius 1 is 1.39 bits per heavy atom. The van der Waals surface area contributed by atoms with E-state index in [4.69, 9.17) is 21.4 Å². The molecule has 0 radical (unpaired) electrons. The molecule has 5 nitrogen and oxygen atoms in total. The molecule has 0 atom stereocenters. The molecule has 126 valence electrons. The van der Waals surface area contributed by atoms with Crippen molar-refractivity contribution in [3.8, 4) is 5.75 Å². The quantitative estimate of drug-likeness (QED) is 0.765. The van der Waals surface area contributed by atoms with Crippen molar-refractivity contribution in [2.24, 2.45) is 0 Å². The fourth-order valence-corrected chi connectivity index (χ4v) is 2.09. The molecule has 0 heterocycles. The van der Waals surface area contributed by atoms with Gasteiger partial charge in [0.05, 0.1) is 16.8 Å². The Balaban J connectivity index is 3.15. The van der Waals surface area contributed by atoms with Crippen LogP contribution in [0.25, 0.3) is 0 Å². The fourth-order valence-electron chi connectivity index (χ4n) is 1.89. The Hall–Kier alpha value is -2.08. The van der Waals surface area contributed by atoms with Crippen molar-refractivity contribution in [3.63, 3.8) is 0 Å². The van der Waals surface area contributed by atoms with Crippen LogP contribution in [0.4, 0.5) is 10.1 Å². The molecule has 1 aromatic rings. The lowest BCUT2D eigenvalue weighted by Crippen LogP contribution is -2.18. The Kier molecular flexibility index (Phi) is 6.57. The van der Waals surface area contributed by atoms with E-state index in [0.717, 1.165) is 6.07 Å². The maximum absolute atomic E-state index is 14.0. The molecule has 0 aliphatic carbocycles. The lowest BCUT2D eigenvalue weighted by molar-refractivity contribution is -0.133. The van der Waals surface area contributed by atoms with Gasteiger partial charge in [0.15, 0.2) is 0 Å². The predicted octanol–water partition coefficient (Wildman–Crippen LogP) is 4.02. The van der Waals surface area contributed by atoms with E-state index in [0.29, 0.717) is 0 Å². The molecule has 0 aliphatic heterocycles. The summed E-state index contributed by atoms with van der Waals surface area (Å²) < 4.78 is 19.4. The maximum atomic E-state index is 14.0. The van der Waals surface area contributed by atoms with Crippen molar-refractivity contribution in [2.75, 3.05) is 5.32 Å². The minimum absolute atomic E-state index is 0.0678. The van der Waals surface area contributed by atoms with E-state index >= 15 is 0 Å². The van der Waals surface area contributed by atoms with Crippen LogP contribution in [0.2, 0.25) is 5.02 Å². The minimum atomic E-state index is -1.20. The highest BCUT2D eigenvalue weighted by Gasteiger charge is 2.18. The molecule has 1 rings (SSSR count). The van der Waals surface area contributed by atoms with Gasteiger partial charge in [-0.15, -0.1) is 0 Å². The lowest BCUT2D eigenvalue weighted by Gasteiger charge is -2.15. The first-order chi connectivity index (χ1) is 10.7. The Labute approximate surface area is 139 Å². The highest BCUT2D eigenvalue weighted by molar-refractivity contribution is 6.32. The number of ether oxygens (including phenoxy) is 1. The molecular weight excluding hydrogens is 325 g/mol. The van der Waals surface area contributed by atoms with Crippen LogP contribution in [0.3, 0.4) is 0 Å². The lowest BCUT2D eigenvalue weighted by atomic mass is 10.1. The van der Waals surface area contributed by atoms with Crippen LogP contribution in [0.15, 0.2) is 23.3 Å². The van der Waals surface area contributed by atoms with Crippen LogP contribution < -0.4 is 10.1 Å². The van der Waals surface area contributed by atoms with Gasteiger partial charge in [0, 0.05) is 17.2 Å². The van der Waals surface area contributed by atoms with Crippen LogP contribution in [0, 0.1) is 5.82 Å². The van der Waals surface area contributed by atoms with Gasteiger partial charge in [-0.2, -0.15) is 0 Å². The molecule has 0 aliphatic rings. The van der Waals surface area contributed by atoms with E-state index in [9.17, 15) is 14.0 Å². The van der Waals surface area contributed by atoms with E-state index in [-0.39, 0.29) is 40.1 Å². The largest absolute Gasteiger partial charge is 0.489 e. The molecule has 0 bridgehead atoms.